The molecule has 2 atom stereocenters. The summed E-state index contributed by atoms with van der Waals surface area (Å²) >= 11 is 0. The first-order valence-electron chi connectivity index (χ1n) is 8.52. The first kappa shape index (κ1) is 14.5. The first-order valence-corrected chi connectivity index (χ1v) is 8.52. The fourth-order valence-electron chi connectivity index (χ4n) is 4.33. The van der Waals surface area contributed by atoms with Crippen molar-refractivity contribution in [3.63, 3.8) is 0 Å². The van der Waals surface area contributed by atoms with Crippen LogP contribution in [-0.4, -0.2) is 28.0 Å². The van der Waals surface area contributed by atoms with E-state index >= 15 is 0 Å². The molecule has 0 spiro atoms. The Bertz CT molecular complexity index is 824. The van der Waals surface area contributed by atoms with Gasteiger partial charge in [0.1, 0.15) is 6.54 Å². The molecule has 1 aromatic carbocycles. The van der Waals surface area contributed by atoms with Crippen LogP contribution >= 0.6 is 0 Å². The summed E-state index contributed by atoms with van der Waals surface area (Å²) in [7, 11) is 0. The van der Waals surface area contributed by atoms with Crippen molar-refractivity contribution in [2.24, 2.45) is 5.92 Å². The van der Waals surface area contributed by atoms with E-state index < -0.39 is 0 Å². The third-order valence-corrected chi connectivity index (χ3v) is 5.49. The highest BCUT2D eigenvalue weighted by atomic mass is 16.2. The Kier molecular flexibility index (Phi) is 3.47. The van der Waals surface area contributed by atoms with E-state index in [4.69, 9.17) is 0 Å². The fourth-order valence-corrected chi connectivity index (χ4v) is 4.33. The van der Waals surface area contributed by atoms with Crippen LogP contribution in [0.5, 0.6) is 0 Å². The number of aromatic nitrogens is 1. The maximum atomic E-state index is 12.9. The van der Waals surface area contributed by atoms with Gasteiger partial charge in [0.15, 0.2) is 5.43 Å². The molecule has 2 fully saturated rings. The molecule has 120 valence electrons. The van der Waals surface area contributed by atoms with E-state index in [1.807, 2.05) is 35.8 Å². The Morgan fingerprint density at radius 1 is 1.26 bits per heavy atom. The normalized spacial score (nSPS) is 23.4. The van der Waals surface area contributed by atoms with Gasteiger partial charge in [-0.2, -0.15) is 0 Å². The molecule has 2 bridgehead atoms. The average Bonchev–Trinajstić information content (AvgIpc) is 2.85. The molecule has 1 aromatic heterocycles. The largest absolute Gasteiger partial charge is 0.338 e. The average molecular weight is 310 g/mol. The Hall–Kier alpha value is -2.10. The van der Waals surface area contributed by atoms with Gasteiger partial charge in [0, 0.05) is 29.7 Å². The van der Waals surface area contributed by atoms with E-state index in [0.717, 1.165) is 24.2 Å². The maximum absolute atomic E-state index is 12.9. The summed E-state index contributed by atoms with van der Waals surface area (Å²) in [6, 6.07) is 9.63. The third-order valence-electron chi connectivity index (χ3n) is 5.49. The molecule has 2 heterocycles. The van der Waals surface area contributed by atoms with Gasteiger partial charge in [-0.25, -0.2) is 0 Å². The number of fused-ring (bicyclic) bond motifs is 3. The number of likely N-dealkylation sites (tertiary alicyclic amines) is 1. The lowest BCUT2D eigenvalue weighted by Crippen LogP contribution is -2.38. The summed E-state index contributed by atoms with van der Waals surface area (Å²) in [4.78, 5) is 27.1. The van der Waals surface area contributed by atoms with Crippen LogP contribution in [0.25, 0.3) is 10.9 Å². The Morgan fingerprint density at radius 3 is 2.91 bits per heavy atom. The van der Waals surface area contributed by atoms with Crippen LogP contribution in [0.3, 0.4) is 0 Å². The van der Waals surface area contributed by atoms with Crippen molar-refractivity contribution in [2.75, 3.05) is 6.54 Å². The summed E-state index contributed by atoms with van der Waals surface area (Å²) < 4.78 is 1.99. The van der Waals surface area contributed by atoms with Crippen LogP contribution in [0.1, 0.15) is 31.4 Å². The zero-order chi connectivity index (χ0) is 16.0. The number of carbonyl (C=O) groups is 1. The highest BCUT2D eigenvalue weighted by Crippen LogP contribution is 2.35. The number of pyridine rings is 1. The molecule has 2 aliphatic rings. The second kappa shape index (κ2) is 5.52. The lowest BCUT2D eigenvalue weighted by Gasteiger charge is -2.26. The van der Waals surface area contributed by atoms with Gasteiger partial charge in [-0.1, -0.05) is 18.6 Å². The van der Waals surface area contributed by atoms with E-state index in [1.54, 1.807) is 6.07 Å². The minimum absolute atomic E-state index is 0.0267. The van der Waals surface area contributed by atoms with Crippen molar-refractivity contribution in [1.29, 1.82) is 0 Å². The summed E-state index contributed by atoms with van der Waals surface area (Å²) in [5.74, 6) is 0.890. The third kappa shape index (κ3) is 2.46. The molecule has 1 saturated carbocycles. The lowest BCUT2D eigenvalue weighted by molar-refractivity contribution is -0.132. The van der Waals surface area contributed by atoms with Crippen LogP contribution in [0, 0.1) is 12.8 Å². The standard InChI is InChI=1S/C19H22N2O2/c1-13-9-18(22)16-7-2-3-8-17(16)20(13)12-19(23)21-11-14-5-4-6-15(21)10-14/h2-3,7-9,14-15H,4-6,10-12H2,1H3/t14-,15+/m0/s1. The van der Waals surface area contributed by atoms with Gasteiger partial charge >= 0.3 is 0 Å². The molecule has 0 unspecified atom stereocenters. The van der Waals surface area contributed by atoms with E-state index in [0.29, 0.717) is 23.9 Å². The molecule has 23 heavy (non-hydrogen) atoms. The number of nitrogens with zero attached hydrogens (tertiary/aromatic N) is 2. The highest BCUT2D eigenvalue weighted by molar-refractivity contribution is 5.83. The quantitative estimate of drug-likeness (QED) is 0.856. The van der Waals surface area contributed by atoms with Gasteiger partial charge in [0.25, 0.3) is 0 Å². The molecule has 1 saturated heterocycles. The van der Waals surface area contributed by atoms with E-state index in [1.165, 1.54) is 19.3 Å². The zero-order valence-corrected chi connectivity index (χ0v) is 13.5. The number of hydrogen-bond acceptors (Lipinski definition) is 2. The summed E-state index contributed by atoms with van der Waals surface area (Å²) in [5.41, 5.74) is 1.73. The lowest BCUT2D eigenvalue weighted by atomic mass is 9.90. The number of para-hydroxylation sites is 1. The van der Waals surface area contributed by atoms with Gasteiger partial charge in [0.2, 0.25) is 5.91 Å². The van der Waals surface area contributed by atoms with Crippen molar-refractivity contribution >= 4 is 16.8 Å². The van der Waals surface area contributed by atoms with Gasteiger partial charge in [-0.3, -0.25) is 9.59 Å². The fraction of sp³-hybridized carbons (Fsp3) is 0.474. The smallest absolute Gasteiger partial charge is 0.242 e. The molecule has 4 rings (SSSR count). The van der Waals surface area contributed by atoms with Crippen molar-refractivity contribution in [2.45, 2.75) is 45.2 Å². The number of rotatable bonds is 2. The molecule has 0 radical (unpaired) electrons. The summed E-state index contributed by atoms with van der Waals surface area (Å²) in [6.45, 7) is 3.15. The molecule has 1 amide bonds. The van der Waals surface area contributed by atoms with Crippen LogP contribution in [0.4, 0.5) is 0 Å². The van der Waals surface area contributed by atoms with E-state index in [2.05, 4.69) is 4.90 Å². The zero-order valence-electron chi connectivity index (χ0n) is 13.5. The van der Waals surface area contributed by atoms with Crippen molar-refractivity contribution in [3.05, 3.63) is 46.2 Å². The van der Waals surface area contributed by atoms with Crippen LogP contribution in [0.2, 0.25) is 0 Å². The molecule has 2 aromatic rings. The Balaban J connectivity index is 1.68. The summed E-state index contributed by atoms with van der Waals surface area (Å²) in [5, 5.41) is 0.686. The number of amides is 1. The Labute approximate surface area is 135 Å². The van der Waals surface area contributed by atoms with Crippen LogP contribution in [0.15, 0.2) is 35.1 Å². The van der Waals surface area contributed by atoms with Crippen molar-refractivity contribution < 1.29 is 4.79 Å². The molecule has 1 aliphatic carbocycles. The number of hydrogen-bond donors (Lipinski definition) is 0. The highest BCUT2D eigenvalue weighted by Gasteiger charge is 2.37. The molecule has 4 heteroatoms. The minimum atomic E-state index is 0.0267. The van der Waals surface area contributed by atoms with Crippen LogP contribution < -0.4 is 5.43 Å². The van der Waals surface area contributed by atoms with Gasteiger partial charge < -0.3 is 9.47 Å². The molecule has 1 aliphatic heterocycles. The Morgan fingerprint density at radius 2 is 2.09 bits per heavy atom. The molecule has 4 nitrogen and oxygen atoms in total. The topological polar surface area (TPSA) is 42.3 Å². The van der Waals surface area contributed by atoms with E-state index in [9.17, 15) is 9.59 Å². The van der Waals surface area contributed by atoms with Gasteiger partial charge in [-0.05, 0) is 44.2 Å². The second-order valence-corrected chi connectivity index (χ2v) is 6.99. The van der Waals surface area contributed by atoms with Gasteiger partial charge in [0.05, 0.1) is 5.52 Å². The van der Waals surface area contributed by atoms with Crippen molar-refractivity contribution in [1.82, 2.24) is 9.47 Å². The monoisotopic (exact) mass is 310 g/mol. The SMILES string of the molecule is Cc1cc(=O)c2ccccc2n1CC(=O)N1C[C@H]2CCC[C@@H]1C2. The number of carbonyl (C=O) groups excluding carboxylic acids is 1. The minimum Gasteiger partial charge on any atom is -0.338 e. The number of benzene rings is 1. The number of aryl methyl sites for hydroxylation is 1. The predicted octanol–water partition coefficient (Wildman–Crippen LogP) is 2.71. The van der Waals surface area contributed by atoms with Crippen molar-refractivity contribution in [3.8, 4) is 0 Å². The molecular weight excluding hydrogens is 288 g/mol. The first-order chi connectivity index (χ1) is 11.1. The predicted molar refractivity (Wildman–Crippen MR) is 90.4 cm³/mol. The van der Waals surface area contributed by atoms with Crippen LogP contribution in [-0.2, 0) is 11.3 Å². The molecule has 0 N–H and O–H groups in total. The van der Waals surface area contributed by atoms with E-state index in [-0.39, 0.29) is 11.3 Å². The van der Waals surface area contributed by atoms with Gasteiger partial charge in [-0.15, -0.1) is 0 Å². The summed E-state index contributed by atoms with van der Waals surface area (Å²) in [6.07, 6.45) is 4.83. The second-order valence-electron chi connectivity index (χ2n) is 6.99. The molecular formula is C19H22N2O2. The maximum Gasteiger partial charge on any atom is 0.242 e.